The second kappa shape index (κ2) is 5.38. The molecule has 7 heteroatoms. The number of benzene rings is 1. The average Bonchev–Trinajstić information content (AvgIpc) is 3.10. The van der Waals surface area contributed by atoms with E-state index in [0.29, 0.717) is 11.6 Å². The van der Waals surface area contributed by atoms with Crippen molar-refractivity contribution in [2.75, 3.05) is 5.32 Å². The fourth-order valence-corrected chi connectivity index (χ4v) is 2.42. The highest BCUT2D eigenvalue weighted by Crippen LogP contribution is 2.24. The second-order valence-electron chi connectivity index (χ2n) is 3.83. The molecule has 2 heterocycles. The molecule has 0 fully saturated rings. The summed E-state index contributed by atoms with van der Waals surface area (Å²) in [6.07, 6.45) is 3.15. The number of nitrogens with zero attached hydrogens (tertiary/aromatic N) is 4. The van der Waals surface area contributed by atoms with E-state index in [9.17, 15) is 0 Å². The van der Waals surface area contributed by atoms with Crippen molar-refractivity contribution >= 4 is 28.6 Å². The first-order valence-electron chi connectivity index (χ1n) is 5.58. The predicted molar refractivity (Wildman–Crippen MR) is 75.8 cm³/mol. The van der Waals surface area contributed by atoms with E-state index in [2.05, 4.69) is 20.4 Å². The van der Waals surface area contributed by atoms with Gasteiger partial charge in [-0.1, -0.05) is 11.6 Å². The molecular formula is C12H10ClN5S. The Kier molecular flexibility index (Phi) is 3.43. The minimum Gasteiger partial charge on any atom is -0.378 e. The van der Waals surface area contributed by atoms with Gasteiger partial charge in [-0.15, -0.1) is 11.3 Å². The summed E-state index contributed by atoms with van der Waals surface area (Å²) in [4.78, 5) is 8.19. The van der Waals surface area contributed by atoms with E-state index >= 15 is 0 Å². The number of anilines is 1. The molecule has 19 heavy (non-hydrogen) atoms. The lowest BCUT2D eigenvalue weighted by atomic mass is 10.2. The van der Waals surface area contributed by atoms with Gasteiger partial charge < -0.3 is 5.32 Å². The molecule has 0 saturated carbocycles. The van der Waals surface area contributed by atoms with E-state index in [-0.39, 0.29) is 0 Å². The first kappa shape index (κ1) is 12.1. The van der Waals surface area contributed by atoms with E-state index in [0.717, 1.165) is 17.1 Å². The third-order valence-electron chi connectivity index (χ3n) is 2.57. The van der Waals surface area contributed by atoms with Gasteiger partial charge in [-0.3, -0.25) is 0 Å². The third-order valence-corrected chi connectivity index (χ3v) is 3.44. The molecule has 0 atom stereocenters. The van der Waals surface area contributed by atoms with Crippen molar-refractivity contribution in [1.82, 2.24) is 19.7 Å². The summed E-state index contributed by atoms with van der Waals surface area (Å²) in [5.41, 5.74) is 4.60. The van der Waals surface area contributed by atoms with Gasteiger partial charge in [0, 0.05) is 10.4 Å². The zero-order chi connectivity index (χ0) is 13.1. The maximum Gasteiger partial charge on any atom is 0.138 e. The predicted octanol–water partition coefficient (Wildman–Crippen LogP) is 2.99. The van der Waals surface area contributed by atoms with Crippen LogP contribution >= 0.6 is 22.9 Å². The highest BCUT2D eigenvalue weighted by atomic mass is 35.5. The van der Waals surface area contributed by atoms with Crippen molar-refractivity contribution in [1.29, 1.82) is 0 Å². The lowest BCUT2D eigenvalue weighted by molar-refractivity contribution is 0.877. The normalized spacial score (nSPS) is 10.6. The number of rotatable bonds is 4. The molecule has 96 valence electrons. The van der Waals surface area contributed by atoms with Crippen LogP contribution < -0.4 is 5.32 Å². The van der Waals surface area contributed by atoms with Crippen molar-refractivity contribution in [3.8, 4) is 5.69 Å². The van der Waals surface area contributed by atoms with Crippen molar-refractivity contribution in [3.63, 3.8) is 0 Å². The Balaban J connectivity index is 1.88. The van der Waals surface area contributed by atoms with Crippen LogP contribution in [0.1, 0.15) is 5.69 Å². The molecule has 0 saturated heterocycles. The molecule has 0 aliphatic rings. The Bertz CT molecular complexity index is 651. The molecule has 0 unspecified atom stereocenters. The monoisotopic (exact) mass is 291 g/mol. The van der Waals surface area contributed by atoms with E-state index in [1.807, 2.05) is 29.1 Å². The molecule has 0 amide bonds. The molecule has 2 aromatic heterocycles. The zero-order valence-electron chi connectivity index (χ0n) is 9.82. The summed E-state index contributed by atoms with van der Waals surface area (Å²) in [5.74, 6) is 0. The molecule has 0 aliphatic carbocycles. The standard InChI is InChI=1S/C12H10ClN5S/c13-9-1-2-12(18-7-14-6-17-18)11(3-9)15-4-10-5-19-8-16-10/h1-3,5-8,15H,4H2. The van der Waals surface area contributed by atoms with E-state index in [4.69, 9.17) is 11.6 Å². The lowest BCUT2D eigenvalue weighted by Crippen LogP contribution is -2.05. The molecule has 0 radical (unpaired) electrons. The lowest BCUT2D eigenvalue weighted by Gasteiger charge is -2.11. The number of hydrogen-bond acceptors (Lipinski definition) is 5. The quantitative estimate of drug-likeness (QED) is 0.803. The van der Waals surface area contributed by atoms with Gasteiger partial charge >= 0.3 is 0 Å². The van der Waals surface area contributed by atoms with Gasteiger partial charge in [0.25, 0.3) is 0 Å². The van der Waals surface area contributed by atoms with Gasteiger partial charge in [0.1, 0.15) is 12.7 Å². The molecule has 5 nitrogen and oxygen atoms in total. The molecule has 1 aromatic carbocycles. The third kappa shape index (κ3) is 2.74. The highest BCUT2D eigenvalue weighted by molar-refractivity contribution is 7.07. The minimum atomic E-state index is 0.644. The fraction of sp³-hybridized carbons (Fsp3) is 0.0833. The van der Waals surface area contributed by atoms with E-state index < -0.39 is 0 Å². The van der Waals surface area contributed by atoms with E-state index in [1.54, 1.807) is 22.3 Å². The van der Waals surface area contributed by atoms with Crippen molar-refractivity contribution < 1.29 is 0 Å². The van der Waals surface area contributed by atoms with Crippen molar-refractivity contribution in [2.24, 2.45) is 0 Å². The Morgan fingerprint density at radius 2 is 2.32 bits per heavy atom. The molecule has 1 N–H and O–H groups in total. The van der Waals surface area contributed by atoms with Crippen molar-refractivity contribution in [3.05, 3.63) is 52.5 Å². The Morgan fingerprint density at radius 1 is 1.37 bits per heavy atom. The minimum absolute atomic E-state index is 0.644. The summed E-state index contributed by atoms with van der Waals surface area (Å²) >= 11 is 7.62. The van der Waals surface area contributed by atoms with Crippen LogP contribution in [-0.4, -0.2) is 19.7 Å². The highest BCUT2D eigenvalue weighted by Gasteiger charge is 2.06. The van der Waals surface area contributed by atoms with Crippen LogP contribution in [0.15, 0.2) is 41.7 Å². The summed E-state index contributed by atoms with van der Waals surface area (Å²) in [6, 6.07) is 5.60. The van der Waals surface area contributed by atoms with Crippen LogP contribution in [-0.2, 0) is 6.54 Å². The summed E-state index contributed by atoms with van der Waals surface area (Å²) < 4.78 is 1.69. The number of halogens is 1. The number of hydrogen-bond donors (Lipinski definition) is 1. The van der Waals surface area contributed by atoms with Gasteiger partial charge in [0.2, 0.25) is 0 Å². The molecule has 0 spiro atoms. The molecule has 0 aliphatic heterocycles. The van der Waals surface area contributed by atoms with Crippen LogP contribution in [0, 0.1) is 0 Å². The van der Waals surface area contributed by atoms with Crippen LogP contribution in [0.5, 0.6) is 0 Å². The summed E-state index contributed by atoms with van der Waals surface area (Å²) in [6.45, 7) is 0.644. The van der Waals surface area contributed by atoms with Gasteiger partial charge in [-0.2, -0.15) is 5.10 Å². The maximum absolute atomic E-state index is 6.04. The average molecular weight is 292 g/mol. The maximum atomic E-state index is 6.04. The summed E-state index contributed by atoms with van der Waals surface area (Å²) in [7, 11) is 0. The SMILES string of the molecule is Clc1ccc(-n2cncn2)c(NCc2cscn2)c1. The van der Waals surface area contributed by atoms with Gasteiger partial charge in [-0.05, 0) is 18.2 Å². The molecule has 0 bridgehead atoms. The number of aromatic nitrogens is 4. The van der Waals surface area contributed by atoms with Crippen LogP contribution in [0.2, 0.25) is 5.02 Å². The largest absolute Gasteiger partial charge is 0.378 e. The Hall–Kier alpha value is -1.92. The summed E-state index contributed by atoms with van der Waals surface area (Å²) in [5, 5.41) is 10.1. The van der Waals surface area contributed by atoms with Crippen LogP contribution in [0.4, 0.5) is 5.69 Å². The Morgan fingerprint density at radius 3 is 3.05 bits per heavy atom. The zero-order valence-corrected chi connectivity index (χ0v) is 11.4. The second-order valence-corrected chi connectivity index (χ2v) is 4.99. The van der Waals surface area contributed by atoms with Gasteiger partial charge in [-0.25, -0.2) is 14.6 Å². The van der Waals surface area contributed by atoms with Gasteiger partial charge in [0.05, 0.1) is 29.1 Å². The van der Waals surface area contributed by atoms with Crippen LogP contribution in [0.3, 0.4) is 0 Å². The molecule has 3 rings (SSSR count). The number of thiazole rings is 1. The Labute approximate surface area is 118 Å². The van der Waals surface area contributed by atoms with Crippen molar-refractivity contribution in [2.45, 2.75) is 6.54 Å². The molecule has 3 aromatic rings. The van der Waals surface area contributed by atoms with Crippen LogP contribution in [0.25, 0.3) is 5.69 Å². The van der Waals surface area contributed by atoms with Gasteiger partial charge in [0.15, 0.2) is 0 Å². The first-order valence-corrected chi connectivity index (χ1v) is 6.90. The van der Waals surface area contributed by atoms with E-state index in [1.165, 1.54) is 6.33 Å². The smallest absolute Gasteiger partial charge is 0.138 e. The molecular weight excluding hydrogens is 282 g/mol. The first-order chi connectivity index (χ1) is 9.33. The fourth-order valence-electron chi connectivity index (χ4n) is 1.69. The number of nitrogens with one attached hydrogen (secondary N) is 1. The topological polar surface area (TPSA) is 55.6 Å².